The van der Waals surface area contributed by atoms with Crippen molar-refractivity contribution in [3.63, 3.8) is 0 Å². The second-order valence-corrected chi connectivity index (χ2v) is 6.56. The fourth-order valence-electron chi connectivity index (χ4n) is 2.63. The average Bonchev–Trinajstić information content (AvgIpc) is 3.11. The van der Waals surface area contributed by atoms with Crippen LogP contribution >= 0.6 is 22.9 Å². The van der Waals surface area contributed by atoms with Gasteiger partial charge in [-0.15, -0.1) is 0 Å². The molecular formula is C17H11ClN4O2S. The van der Waals surface area contributed by atoms with Gasteiger partial charge in [-0.05, 0) is 27.5 Å². The maximum Gasteiger partial charge on any atom is 0.371 e. The van der Waals surface area contributed by atoms with Crippen LogP contribution in [0.25, 0.3) is 16.1 Å². The van der Waals surface area contributed by atoms with E-state index in [-0.39, 0.29) is 18.0 Å². The van der Waals surface area contributed by atoms with Gasteiger partial charge in [0.25, 0.3) is 0 Å². The van der Waals surface area contributed by atoms with Crippen molar-refractivity contribution in [3.05, 3.63) is 75.2 Å². The molecule has 4 aromatic rings. The predicted octanol–water partition coefficient (Wildman–Crippen LogP) is 1.88. The van der Waals surface area contributed by atoms with E-state index in [1.54, 1.807) is 48.1 Å². The van der Waals surface area contributed by atoms with Crippen LogP contribution in [0, 0.1) is 0 Å². The summed E-state index contributed by atoms with van der Waals surface area (Å²) in [4.78, 5) is 17.2. The Morgan fingerprint density at radius 3 is 2.72 bits per heavy atom. The molecule has 0 saturated carbocycles. The minimum Gasteiger partial charge on any atom is -0.842 e. The largest absolute Gasteiger partial charge is 0.842 e. The number of aromatic nitrogens is 4. The van der Waals surface area contributed by atoms with E-state index >= 15 is 0 Å². The Balaban J connectivity index is 1.96. The molecule has 0 radical (unpaired) electrons. The summed E-state index contributed by atoms with van der Waals surface area (Å²) in [6.45, 7) is 0.273. The summed E-state index contributed by atoms with van der Waals surface area (Å²) >= 11 is 7.05. The van der Waals surface area contributed by atoms with Gasteiger partial charge in [0, 0.05) is 11.8 Å². The standard InChI is InChI=1S/C17H11ClN4O2S/c18-13-7-6-11(8-19-13)9-21-15(23)14(12-4-2-1-3-5-12)16(24)22-17(21)25-10-20-22/h1-8,10H,9H2. The van der Waals surface area contributed by atoms with E-state index in [1.807, 2.05) is 6.07 Å². The molecule has 25 heavy (non-hydrogen) atoms. The Morgan fingerprint density at radius 1 is 1.20 bits per heavy atom. The zero-order valence-electron chi connectivity index (χ0n) is 12.8. The van der Waals surface area contributed by atoms with E-state index in [0.29, 0.717) is 15.7 Å². The minimum atomic E-state index is -0.419. The predicted molar refractivity (Wildman–Crippen MR) is 92.8 cm³/mol. The van der Waals surface area contributed by atoms with Crippen molar-refractivity contribution in [3.8, 4) is 17.0 Å². The second kappa shape index (κ2) is 6.27. The first kappa shape index (κ1) is 15.7. The van der Waals surface area contributed by atoms with Gasteiger partial charge in [-0.1, -0.05) is 53.1 Å². The normalized spacial score (nSPS) is 11.1. The van der Waals surface area contributed by atoms with E-state index in [4.69, 9.17) is 11.6 Å². The van der Waals surface area contributed by atoms with Gasteiger partial charge in [0.15, 0.2) is 0 Å². The van der Waals surface area contributed by atoms with Gasteiger partial charge in [0.05, 0.1) is 5.88 Å². The number of rotatable bonds is 3. The average molecular weight is 371 g/mol. The van der Waals surface area contributed by atoms with Crippen molar-refractivity contribution in [1.29, 1.82) is 0 Å². The van der Waals surface area contributed by atoms with Crippen LogP contribution in [0.4, 0.5) is 0 Å². The molecule has 0 aliphatic rings. The monoisotopic (exact) mass is 370 g/mol. The number of pyridine rings is 1. The highest BCUT2D eigenvalue weighted by Crippen LogP contribution is 2.22. The summed E-state index contributed by atoms with van der Waals surface area (Å²) in [6, 6.07) is 12.4. The van der Waals surface area contributed by atoms with Crippen molar-refractivity contribution in [2.45, 2.75) is 6.54 Å². The van der Waals surface area contributed by atoms with Crippen LogP contribution in [0.1, 0.15) is 5.56 Å². The third kappa shape index (κ3) is 2.77. The van der Waals surface area contributed by atoms with E-state index < -0.39 is 5.56 Å². The molecule has 0 fully saturated rings. The summed E-state index contributed by atoms with van der Waals surface area (Å²) in [7, 11) is 0. The number of hydrogen-bond acceptors (Lipinski definition) is 5. The van der Waals surface area contributed by atoms with Gasteiger partial charge in [-0.25, -0.2) is 14.3 Å². The first-order valence-corrected chi connectivity index (χ1v) is 8.66. The topological polar surface area (TPSA) is 74.2 Å². The lowest BCUT2D eigenvalue weighted by molar-refractivity contribution is -0.706. The smallest absolute Gasteiger partial charge is 0.371 e. The van der Waals surface area contributed by atoms with Crippen molar-refractivity contribution >= 4 is 27.9 Å². The van der Waals surface area contributed by atoms with E-state index in [1.165, 1.54) is 20.4 Å². The van der Waals surface area contributed by atoms with Gasteiger partial charge in [-0.2, -0.15) is 0 Å². The molecule has 0 bridgehead atoms. The summed E-state index contributed by atoms with van der Waals surface area (Å²) in [6.07, 6.45) is 1.61. The lowest BCUT2D eigenvalue weighted by Gasteiger charge is -2.15. The molecule has 0 saturated heterocycles. The fraction of sp³-hybridized carbons (Fsp3) is 0.0588. The molecule has 6 nitrogen and oxygen atoms in total. The molecule has 0 spiro atoms. The highest BCUT2D eigenvalue weighted by molar-refractivity contribution is 7.14. The van der Waals surface area contributed by atoms with E-state index in [2.05, 4.69) is 10.1 Å². The fourth-order valence-corrected chi connectivity index (χ4v) is 3.48. The van der Waals surface area contributed by atoms with Crippen molar-refractivity contribution in [2.24, 2.45) is 0 Å². The molecule has 0 aliphatic carbocycles. The molecular weight excluding hydrogens is 360 g/mol. The first-order chi connectivity index (χ1) is 12.1. The summed E-state index contributed by atoms with van der Waals surface area (Å²) in [5.41, 5.74) is 2.60. The molecule has 3 heterocycles. The number of benzene rings is 1. The van der Waals surface area contributed by atoms with Crippen LogP contribution in [-0.2, 0) is 6.54 Å². The number of nitrogens with zero attached hydrogens (tertiary/aromatic N) is 4. The highest BCUT2D eigenvalue weighted by Gasteiger charge is 2.22. The first-order valence-electron chi connectivity index (χ1n) is 7.40. The number of fused-ring (bicyclic) bond motifs is 1. The van der Waals surface area contributed by atoms with Gasteiger partial charge in [0.2, 0.25) is 0 Å². The lowest BCUT2D eigenvalue weighted by Crippen LogP contribution is -2.43. The van der Waals surface area contributed by atoms with Gasteiger partial charge < -0.3 is 5.11 Å². The summed E-state index contributed by atoms with van der Waals surface area (Å²) < 4.78 is 2.80. The minimum absolute atomic E-state index is 0.103. The molecule has 1 aromatic carbocycles. The highest BCUT2D eigenvalue weighted by atomic mass is 35.5. The van der Waals surface area contributed by atoms with Crippen LogP contribution in [0.15, 0.2) is 59.0 Å². The Bertz CT molecular complexity index is 1110. The van der Waals surface area contributed by atoms with Crippen LogP contribution in [0.3, 0.4) is 0 Å². The zero-order valence-corrected chi connectivity index (χ0v) is 14.4. The molecule has 124 valence electrons. The molecule has 8 heteroatoms. The molecule has 4 rings (SSSR count). The molecule has 3 aromatic heterocycles. The van der Waals surface area contributed by atoms with Crippen LogP contribution < -0.4 is 15.2 Å². The molecule has 0 amide bonds. The Morgan fingerprint density at radius 2 is 2.00 bits per heavy atom. The Labute approximate surface area is 151 Å². The third-order valence-corrected chi connectivity index (χ3v) is 4.82. The van der Waals surface area contributed by atoms with Gasteiger partial charge in [-0.3, -0.25) is 0 Å². The van der Waals surface area contributed by atoms with Crippen LogP contribution in [-0.4, -0.2) is 14.6 Å². The molecule has 0 N–H and O–H groups in total. The molecule has 0 atom stereocenters. The summed E-state index contributed by atoms with van der Waals surface area (Å²) in [5.74, 6) is -0.351. The van der Waals surface area contributed by atoms with Gasteiger partial charge >= 0.3 is 10.5 Å². The maximum atomic E-state index is 13.1. The van der Waals surface area contributed by atoms with E-state index in [0.717, 1.165) is 5.56 Å². The maximum absolute atomic E-state index is 13.1. The quantitative estimate of drug-likeness (QED) is 0.407. The number of hydrogen-bond donors (Lipinski definition) is 0. The van der Waals surface area contributed by atoms with Crippen LogP contribution in [0.2, 0.25) is 5.15 Å². The Hall–Kier alpha value is -2.77. The van der Waals surface area contributed by atoms with E-state index in [9.17, 15) is 9.90 Å². The number of halogens is 1. The SMILES string of the molecule is O=c1c(-c2ccccc2)c([O-])[n+](Cc2ccc(Cl)nc2)c2scnn12. The van der Waals surface area contributed by atoms with Crippen molar-refractivity contribution in [2.75, 3.05) is 0 Å². The van der Waals surface area contributed by atoms with Gasteiger partial charge in [0.1, 0.15) is 22.8 Å². The second-order valence-electron chi connectivity index (χ2n) is 5.36. The van der Waals surface area contributed by atoms with Crippen LogP contribution in [0.5, 0.6) is 5.88 Å². The molecule has 0 aliphatic heterocycles. The Kier molecular flexibility index (Phi) is 3.95. The summed E-state index contributed by atoms with van der Waals surface area (Å²) in [5, 5.41) is 17.5. The molecule has 0 unspecified atom stereocenters. The third-order valence-electron chi connectivity index (χ3n) is 3.79. The zero-order chi connectivity index (χ0) is 17.4. The lowest BCUT2D eigenvalue weighted by atomic mass is 10.1. The van der Waals surface area contributed by atoms with Crippen molar-refractivity contribution in [1.82, 2.24) is 14.6 Å². The van der Waals surface area contributed by atoms with Crippen molar-refractivity contribution < 1.29 is 9.67 Å².